The number of amides is 1. The van der Waals surface area contributed by atoms with E-state index in [1.54, 1.807) is 0 Å². The molecule has 47 heavy (non-hydrogen) atoms. The Balaban J connectivity index is 1.23. The highest BCUT2D eigenvalue weighted by atomic mass is 16.6. The van der Waals surface area contributed by atoms with Gasteiger partial charge in [0, 0.05) is 17.9 Å². The van der Waals surface area contributed by atoms with E-state index < -0.39 is 70.4 Å². The molecule has 256 valence electrons. The molecule has 0 radical (unpaired) electrons. The number of allylic oxidation sites excluding steroid dienone is 2. The molecule has 8 atom stereocenters. The number of nitro benzene ring substituents is 1. The van der Waals surface area contributed by atoms with Crippen molar-refractivity contribution >= 4 is 29.1 Å². The van der Waals surface area contributed by atoms with Crippen LogP contribution in [0.5, 0.6) is 5.75 Å². The number of fused-ring (bicyclic) bond motifs is 5. The normalized spacial score (nSPS) is 34.3. The molecule has 0 heterocycles. The summed E-state index contributed by atoms with van der Waals surface area (Å²) in [5.74, 6) is -2.42. The number of nitrogens with one attached hydrogen (secondary N) is 1. The Morgan fingerprint density at radius 1 is 1.19 bits per heavy atom. The van der Waals surface area contributed by atoms with Gasteiger partial charge in [0.15, 0.2) is 18.1 Å². The molecular formula is C33H43N3O11. The van der Waals surface area contributed by atoms with Crippen molar-refractivity contribution in [1.82, 2.24) is 5.32 Å². The van der Waals surface area contributed by atoms with Crippen LogP contribution >= 0.6 is 0 Å². The number of nitro groups is 1. The number of carbonyl (C=O) groups excluding carboxylic acids is 3. The van der Waals surface area contributed by atoms with Gasteiger partial charge in [0.25, 0.3) is 5.91 Å². The van der Waals surface area contributed by atoms with Gasteiger partial charge in [0.2, 0.25) is 0 Å². The summed E-state index contributed by atoms with van der Waals surface area (Å²) in [5.41, 5.74) is -1.20. The zero-order chi connectivity index (χ0) is 34.3. The molecule has 0 unspecified atom stereocenters. The summed E-state index contributed by atoms with van der Waals surface area (Å²) in [5, 5.41) is 60.1. The van der Waals surface area contributed by atoms with Gasteiger partial charge in [-0.1, -0.05) is 30.6 Å². The number of rotatable bonds is 10. The average Bonchev–Trinajstić information content (AvgIpc) is 3.30. The second-order valence-electron chi connectivity index (χ2n) is 13.9. The number of benzene rings is 1. The molecule has 3 saturated carbocycles. The lowest BCUT2D eigenvalue weighted by atomic mass is 9.45. The van der Waals surface area contributed by atoms with E-state index in [1.807, 2.05) is 13.0 Å². The number of aromatic hydroxyl groups is 1. The van der Waals surface area contributed by atoms with E-state index in [-0.39, 0.29) is 42.4 Å². The number of esters is 1. The van der Waals surface area contributed by atoms with Crippen LogP contribution in [-0.4, -0.2) is 86.8 Å². The third-order valence-electron chi connectivity index (χ3n) is 11.5. The van der Waals surface area contributed by atoms with Crippen molar-refractivity contribution < 1.29 is 49.3 Å². The van der Waals surface area contributed by atoms with Crippen LogP contribution in [0.4, 0.5) is 5.69 Å². The number of hydrogen-bond acceptors (Lipinski definition) is 12. The molecule has 14 nitrogen and oxygen atoms in total. The number of methoxy groups -OCH3 is 1. The summed E-state index contributed by atoms with van der Waals surface area (Å²) >= 11 is 0. The highest BCUT2D eigenvalue weighted by Crippen LogP contribution is 2.67. The standard InChI is InChI=1S/C33H43N3O11/c1-31-10-8-20(35-47-17-28(41)34-23(30(42)46-3)12-18-4-7-25(38)24(13-18)36(44)45)14-19(31)5-6-21-22-9-11-33(43,27(40)16-37)32(22,2)15-26(39)29(21)31/h4,7,13-14,21-23,26,29,37-39,43H,5-6,8-12,15-17H2,1-3H3,(H,34,41)/b35-20+/t21-,22+,23+,26+,29-,31+,32+,33+/m1/s1. The van der Waals surface area contributed by atoms with Crippen molar-refractivity contribution in [2.45, 2.75) is 83.0 Å². The largest absolute Gasteiger partial charge is 0.502 e. The lowest BCUT2D eigenvalue weighted by molar-refractivity contribution is -0.385. The minimum absolute atomic E-state index is 0.0460. The molecule has 4 aliphatic rings. The van der Waals surface area contributed by atoms with Crippen LogP contribution in [0.2, 0.25) is 0 Å². The van der Waals surface area contributed by atoms with E-state index in [4.69, 9.17) is 9.57 Å². The first kappa shape index (κ1) is 34.5. The van der Waals surface area contributed by atoms with E-state index in [1.165, 1.54) is 6.07 Å². The number of phenols is 1. The van der Waals surface area contributed by atoms with E-state index in [2.05, 4.69) is 17.4 Å². The zero-order valence-electron chi connectivity index (χ0n) is 26.8. The van der Waals surface area contributed by atoms with Crippen LogP contribution in [-0.2, 0) is 30.4 Å². The number of Topliss-reactive ketones (excluding diaryl/α,β-unsaturated/α-hetero) is 1. The van der Waals surface area contributed by atoms with Gasteiger partial charge in [-0.25, -0.2) is 4.79 Å². The maximum Gasteiger partial charge on any atom is 0.328 e. The average molecular weight is 658 g/mol. The predicted molar refractivity (Wildman–Crippen MR) is 166 cm³/mol. The van der Waals surface area contributed by atoms with E-state index in [0.29, 0.717) is 30.5 Å². The van der Waals surface area contributed by atoms with Gasteiger partial charge in [0.1, 0.15) is 18.2 Å². The maximum absolute atomic E-state index is 12.7. The van der Waals surface area contributed by atoms with Crippen molar-refractivity contribution in [2.75, 3.05) is 20.3 Å². The fourth-order valence-electron chi connectivity index (χ4n) is 9.19. The summed E-state index contributed by atoms with van der Waals surface area (Å²) in [4.78, 5) is 53.4. The van der Waals surface area contributed by atoms with E-state index >= 15 is 0 Å². The highest BCUT2D eigenvalue weighted by molar-refractivity contribution is 5.96. The van der Waals surface area contributed by atoms with Crippen LogP contribution in [0.15, 0.2) is 35.0 Å². The Morgan fingerprint density at radius 2 is 1.94 bits per heavy atom. The van der Waals surface area contributed by atoms with Crippen LogP contribution in [0.3, 0.4) is 0 Å². The third-order valence-corrected chi connectivity index (χ3v) is 11.5. The van der Waals surface area contributed by atoms with E-state index in [0.717, 1.165) is 37.7 Å². The zero-order valence-corrected chi connectivity index (χ0v) is 26.8. The molecule has 3 fully saturated rings. The lowest BCUT2D eigenvalue weighted by Gasteiger charge is -2.60. The van der Waals surface area contributed by atoms with Crippen molar-refractivity contribution in [2.24, 2.45) is 33.7 Å². The quantitative estimate of drug-likeness (QED) is 0.139. The fourth-order valence-corrected chi connectivity index (χ4v) is 9.19. The van der Waals surface area contributed by atoms with Gasteiger partial charge in [-0.05, 0) is 85.8 Å². The maximum atomic E-state index is 12.7. The lowest BCUT2D eigenvalue weighted by Crippen LogP contribution is -2.62. The van der Waals surface area contributed by atoms with Crippen molar-refractivity contribution in [3.8, 4) is 5.75 Å². The van der Waals surface area contributed by atoms with Gasteiger partial charge in [0.05, 0.1) is 23.8 Å². The first-order valence-electron chi connectivity index (χ1n) is 16.0. The summed E-state index contributed by atoms with van der Waals surface area (Å²) < 4.78 is 4.78. The van der Waals surface area contributed by atoms with Crippen LogP contribution in [0.1, 0.15) is 64.4 Å². The summed E-state index contributed by atoms with van der Waals surface area (Å²) in [6, 6.07) is 2.50. The molecule has 14 heteroatoms. The van der Waals surface area contributed by atoms with Gasteiger partial charge in [-0.15, -0.1) is 0 Å². The van der Waals surface area contributed by atoms with Crippen molar-refractivity contribution in [3.63, 3.8) is 0 Å². The van der Waals surface area contributed by atoms with Gasteiger partial charge in [-0.2, -0.15) is 0 Å². The number of ether oxygens (including phenoxy) is 1. The molecule has 0 aliphatic heterocycles. The SMILES string of the molecule is COC(=O)[C@H](Cc1ccc(O)c([N+](=O)[O-])c1)NC(=O)CO/N=C1/C=C2CC[C@H]3[C@H]([C@@H](O)C[C@@]4(C)[C@H]3CC[C@]4(O)C(=O)CO)[C@@]2(C)CC1. The first-order chi connectivity index (χ1) is 22.2. The molecule has 1 aromatic carbocycles. The molecule has 4 aliphatic carbocycles. The molecule has 0 bridgehead atoms. The minimum atomic E-state index is -1.64. The molecular weight excluding hydrogens is 614 g/mol. The number of aliphatic hydroxyl groups is 3. The topological polar surface area (TPSA) is 218 Å². The highest BCUT2D eigenvalue weighted by Gasteiger charge is 2.68. The van der Waals surface area contributed by atoms with E-state index in [9.17, 15) is 44.9 Å². The van der Waals surface area contributed by atoms with Gasteiger partial charge >= 0.3 is 11.7 Å². The van der Waals surface area contributed by atoms with Crippen molar-refractivity contribution in [3.05, 3.63) is 45.5 Å². The fraction of sp³-hybridized carbons (Fsp3) is 0.636. The smallest absolute Gasteiger partial charge is 0.328 e. The Labute approximate surface area is 272 Å². The number of carbonyl (C=O) groups is 3. The minimum Gasteiger partial charge on any atom is -0.502 e. The summed E-state index contributed by atoms with van der Waals surface area (Å²) in [6.45, 7) is 2.82. The molecule has 1 aromatic rings. The first-order valence-corrected chi connectivity index (χ1v) is 16.0. The van der Waals surface area contributed by atoms with Crippen LogP contribution < -0.4 is 5.32 Å². The second-order valence-corrected chi connectivity index (χ2v) is 13.9. The number of hydrogen-bond donors (Lipinski definition) is 5. The number of phenolic OH excluding ortho intramolecular Hbond substituents is 1. The Kier molecular flexibility index (Phi) is 9.50. The third kappa shape index (κ3) is 6.02. The Morgan fingerprint density at radius 3 is 2.62 bits per heavy atom. The number of aliphatic hydroxyl groups excluding tert-OH is 2. The number of ketones is 1. The van der Waals surface area contributed by atoms with Crippen molar-refractivity contribution in [1.29, 1.82) is 0 Å². The Bertz CT molecular complexity index is 1510. The van der Waals surface area contributed by atoms with Gasteiger partial charge < -0.3 is 35.3 Å². The molecule has 5 N–H and O–H groups in total. The number of nitrogens with zero attached hydrogens (tertiary/aromatic N) is 2. The van der Waals surface area contributed by atoms with Crippen LogP contribution in [0.25, 0.3) is 0 Å². The molecule has 0 saturated heterocycles. The molecule has 5 rings (SSSR count). The molecule has 1 amide bonds. The second kappa shape index (κ2) is 13.0. The number of oxime groups is 1. The predicted octanol–water partition coefficient (Wildman–Crippen LogP) is 2.10. The Hall–Kier alpha value is -3.88. The molecule has 0 spiro atoms. The summed E-state index contributed by atoms with van der Waals surface area (Å²) in [6.07, 6.45) is 5.09. The monoisotopic (exact) mass is 657 g/mol. The van der Waals surface area contributed by atoms with Gasteiger partial charge in [-0.3, -0.25) is 19.7 Å². The molecule has 0 aromatic heterocycles. The van der Waals surface area contributed by atoms with Crippen LogP contribution in [0, 0.1) is 38.7 Å². The summed E-state index contributed by atoms with van der Waals surface area (Å²) in [7, 11) is 1.15.